The van der Waals surface area contributed by atoms with Crippen LogP contribution >= 0.6 is 0 Å². The van der Waals surface area contributed by atoms with Gasteiger partial charge in [-0.1, -0.05) is 18.2 Å². The van der Waals surface area contributed by atoms with Crippen molar-refractivity contribution in [2.75, 3.05) is 6.54 Å². The number of carbonyl (C=O) groups excluding carboxylic acids is 1. The van der Waals surface area contributed by atoms with Crippen LogP contribution in [-0.4, -0.2) is 23.5 Å². The molecule has 4 nitrogen and oxygen atoms in total. The molecule has 1 aromatic rings. The number of carboxylic acids is 1. The first-order valence-electron chi connectivity index (χ1n) is 5.78. The lowest BCUT2D eigenvalue weighted by Crippen LogP contribution is -2.26. The smallest absolute Gasteiger partial charge is 0.335 e. The molecule has 96 valence electrons. The number of rotatable bonds is 5. The summed E-state index contributed by atoms with van der Waals surface area (Å²) in [5, 5.41) is 11.6. The molecular weight excluding hydrogens is 230 g/mol. The lowest BCUT2D eigenvalue weighted by molar-refractivity contribution is -0.117. The largest absolute Gasteiger partial charge is 0.478 e. The lowest BCUT2D eigenvalue weighted by Gasteiger charge is -2.06. The van der Waals surface area contributed by atoms with Gasteiger partial charge in [-0.05, 0) is 38.0 Å². The van der Waals surface area contributed by atoms with Gasteiger partial charge in [-0.15, -0.1) is 0 Å². The summed E-state index contributed by atoms with van der Waals surface area (Å²) in [4.78, 5) is 22.3. The van der Waals surface area contributed by atoms with Crippen molar-refractivity contribution in [3.63, 3.8) is 0 Å². The maximum Gasteiger partial charge on any atom is 0.335 e. The van der Waals surface area contributed by atoms with Gasteiger partial charge in [0.2, 0.25) is 5.91 Å². The molecule has 1 aromatic carbocycles. The molecular formula is C14H17NO3. The Kier molecular flexibility index (Phi) is 5.11. The van der Waals surface area contributed by atoms with Gasteiger partial charge in [0.05, 0.1) is 5.56 Å². The third kappa shape index (κ3) is 4.05. The Labute approximate surface area is 106 Å². The summed E-state index contributed by atoms with van der Waals surface area (Å²) in [6.45, 7) is 4.05. The second kappa shape index (κ2) is 6.59. The summed E-state index contributed by atoms with van der Waals surface area (Å²) in [6.07, 6.45) is 2.37. The molecule has 0 aliphatic carbocycles. The Morgan fingerprint density at radius 1 is 1.39 bits per heavy atom. The minimum Gasteiger partial charge on any atom is -0.478 e. The van der Waals surface area contributed by atoms with Crippen molar-refractivity contribution in [3.05, 3.63) is 47.0 Å². The third-order valence-corrected chi connectivity index (χ3v) is 2.66. The number of aromatic carboxylic acids is 1. The SMILES string of the molecule is C/C=C(\C)C(=O)NCCc1cccc(C(=O)O)c1. The van der Waals surface area contributed by atoms with Gasteiger partial charge in [0, 0.05) is 12.1 Å². The molecule has 0 radical (unpaired) electrons. The van der Waals surface area contributed by atoms with E-state index in [1.807, 2.05) is 13.0 Å². The third-order valence-electron chi connectivity index (χ3n) is 2.66. The highest BCUT2D eigenvalue weighted by atomic mass is 16.4. The average Bonchev–Trinajstić information content (AvgIpc) is 2.38. The summed E-state index contributed by atoms with van der Waals surface area (Å²) in [7, 11) is 0. The van der Waals surface area contributed by atoms with E-state index in [2.05, 4.69) is 5.32 Å². The first kappa shape index (κ1) is 14.0. The molecule has 0 bridgehead atoms. The number of hydrogen-bond acceptors (Lipinski definition) is 2. The molecule has 0 aliphatic rings. The number of carboxylic acid groups (broad SMARTS) is 1. The number of amides is 1. The molecule has 0 fully saturated rings. The highest BCUT2D eigenvalue weighted by Gasteiger charge is 2.04. The van der Waals surface area contributed by atoms with E-state index in [9.17, 15) is 9.59 Å². The molecule has 0 saturated carbocycles. The molecule has 0 spiro atoms. The second-order valence-electron chi connectivity index (χ2n) is 3.98. The van der Waals surface area contributed by atoms with E-state index < -0.39 is 5.97 Å². The molecule has 0 heterocycles. The number of nitrogens with one attached hydrogen (secondary N) is 1. The number of benzene rings is 1. The Bertz CT molecular complexity index is 478. The minimum atomic E-state index is -0.939. The Morgan fingerprint density at radius 2 is 2.11 bits per heavy atom. The van der Waals surface area contributed by atoms with Crippen molar-refractivity contribution in [3.8, 4) is 0 Å². The van der Waals surface area contributed by atoms with Crippen LogP contribution in [0.2, 0.25) is 0 Å². The molecule has 0 unspecified atom stereocenters. The fourth-order valence-corrected chi connectivity index (χ4v) is 1.45. The van der Waals surface area contributed by atoms with Crippen LogP contribution < -0.4 is 5.32 Å². The van der Waals surface area contributed by atoms with Crippen molar-refractivity contribution >= 4 is 11.9 Å². The summed E-state index contributed by atoms with van der Waals surface area (Å²) >= 11 is 0. The van der Waals surface area contributed by atoms with Crippen molar-refractivity contribution in [2.24, 2.45) is 0 Å². The number of allylic oxidation sites excluding steroid dienone is 1. The number of hydrogen-bond donors (Lipinski definition) is 2. The zero-order valence-corrected chi connectivity index (χ0v) is 10.6. The van der Waals surface area contributed by atoms with Gasteiger partial charge >= 0.3 is 5.97 Å². The van der Waals surface area contributed by atoms with Crippen molar-refractivity contribution < 1.29 is 14.7 Å². The topological polar surface area (TPSA) is 66.4 Å². The molecule has 18 heavy (non-hydrogen) atoms. The van der Waals surface area contributed by atoms with Gasteiger partial charge in [0.15, 0.2) is 0 Å². The minimum absolute atomic E-state index is 0.0908. The predicted molar refractivity (Wildman–Crippen MR) is 69.5 cm³/mol. The maximum atomic E-state index is 11.5. The van der Waals surface area contributed by atoms with Gasteiger partial charge in [-0.25, -0.2) is 4.79 Å². The van der Waals surface area contributed by atoms with Gasteiger partial charge < -0.3 is 10.4 Å². The van der Waals surface area contributed by atoms with Crippen molar-refractivity contribution in [1.29, 1.82) is 0 Å². The van der Waals surface area contributed by atoms with Gasteiger partial charge in [0.25, 0.3) is 0 Å². The van der Waals surface area contributed by atoms with E-state index in [1.165, 1.54) is 0 Å². The normalized spacial score (nSPS) is 11.1. The van der Waals surface area contributed by atoms with Crippen LogP contribution in [0.15, 0.2) is 35.9 Å². The molecule has 1 amide bonds. The van der Waals surface area contributed by atoms with Crippen LogP contribution in [0.4, 0.5) is 0 Å². The predicted octanol–water partition coefficient (Wildman–Crippen LogP) is 2.01. The average molecular weight is 247 g/mol. The lowest BCUT2D eigenvalue weighted by atomic mass is 10.1. The number of carbonyl (C=O) groups is 2. The van der Waals surface area contributed by atoms with Crippen LogP contribution in [0, 0.1) is 0 Å². The van der Waals surface area contributed by atoms with E-state index in [0.29, 0.717) is 18.5 Å². The quantitative estimate of drug-likeness (QED) is 0.782. The molecule has 0 atom stereocenters. The summed E-state index contributed by atoms with van der Waals surface area (Å²) < 4.78 is 0. The van der Waals surface area contributed by atoms with E-state index in [0.717, 1.165) is 5.56 Å². The summed E-state index contributed by atoms with van der Waals surface area (Å²) in [5.74, 6) is -1.03. The zero-order valence-electron chi connectivity index (χ0n) is 10.6. The van der Waals surface area contributed by atoms with Crippen molar-refractivity contribution in [2.45, 2.75) is 20.3 Å². The van der Waals surface area contributed by atoms with Crippen LogP contribution in [-0.2, 0) is 11.2 Å². The van der Waals surface area contributed by atoms with Crippen LogP contribution in [0.1, 0.15) is 29.8 Å². The van der Waals surface area contributed by atoms with Crippen LogP contribution in [0.5, 0.6) is 0 Å². The van der Waals surface area contributed by atoms with E-state index in [4.69, 9.17) is 5.11 Å². The molecule has 0 saturated heterocycles. The molecule has 0 aliphatic heterocycles. The second-order valence-corrected chi connectivity index (χ2v) is 3.98. The van der Waals surface area contributed by atoms with Gasteiger partial charge in [-0.3, -0.25) is 4.79 Å². The fourth-order valence-electron chi connectivity index (χ4n) is 1.45. The standard InChI is InChI=1S/C14H17NO3/c1-3-10(2)13(16)15-8-7-11-5-4-6-12(9-11)14(17)18/h3-6,9H,7-8H2,1-2H3,(H,15,16)(H,17,18)/b10-3+. The van der Waals surface area contributed by atoms with Crippen molar-refractivity contribution in [1.82, 2.24) is 5.32 Å². The highest BCUT2D eigenvalue weighted by Crippen LogP contribution is 2.05. The van der Waals surface area contributed by atoms with E-state index in [-0.39, 0.29) is 11.5 Å². The Morgan fingerprint density at radius 3 is 2.72 bits per heavy atom. The Hall–Kier alpha value is -2.10. The van der Waals surface area contributed by atoms with E-state index >= 15 is 0 Å². The first-order chi connectivity index (χ1) is 8.54. The fraction of sp³-hybridized carbons (Fsp3) is 0.286. The van der Waals surface area contributed by atoms with Crippen LogP contribution in [0.3, 0.4) is 0 Å². The summed E-state index contributed by atoms with van der Waals surface area (Å²) in [6, 6.07) is 6.73. The van der Waals surface area contributed by atoms with E-state index in [1.54, 1.807) is 31.2 Å². The van der Waals surface area contributed by atoms with Gasteiger partial charge in [0.1, 0.15) is 0 Å². The molecule has 0 aromatic heterocycles. The summed E-state index contributed by atoms with van der Waals surface area (Å²) in [5.41, 5.74) is 1.84. The highest BCUT2D eigenvalue weighted by molar-refractivity contribution is 5.92. The molecule has 1 rings (SSSR count). The maximum absolute atomic E-state index is 11.5. The van der Waals surface area contributed by atoms with Crippen LogP contribution in [0.25, 0.3) is 0 Å². The zero-order chi connectivity index (χ0) is 13.5. The van der Waals surface area contributed by atoms with Gasteiger partial charge in [-0.2, -0.15) is 0 Å². The Balaban J connectivity index is 2.52. The molecule has 2 N–H and O–H groups in total. The molecule has 4 heteroatoms. The first-order valence-corrected chi connectivity index (χ1v) is 5.78. The monoisotopic (exact) mass is 247 g/mol.